The molecule has 3 N–H and O–H groups in total. The highest BCUT2D eigenvalue weighted by Crippen LogP contribution is 2.28. The van der Waals surface area contributed by atoms with Crippen LogP contribution in [0.1, 0.15) is 41.3 Å². The van der Waals surface area contributed by atoms with Crippen molar-refractivity contribution in [3.8, 4) is 0 Å². The molecule has 92 valence electrons. The lowest BCUT2D eigenvalue weighted by atomic mass is 10.0. The first-order valence-corrected chi connectivity index (χ1v) is 7.03. The maximum Gasteiger partial charge on any atom is 0.0829 e. The Labute approximate surface area is 108 Å². The molecular weight excluding hydrogens is 254 g/mol. The molecule has 0 aliphatic carbocycles. The predicted octanol–water partition coefficient (Wildman–Crippen LogP) is 1.87. The third-order valence-corrected chi connectivity index (χ3v) is 4.15. The van der Waals surface area contributed by atoms with Gasteiger partial charge < -0.3 is 0 Å². The maximum absolute atomic E-state index is 5.63. The fourth-order valence-electron chi connectivity index (χ4n) is 1.62. The molecule has 0 aliphatic heterocycles. The largest absolute Gasteiger partial charge is 0.271 e. The van der Waals surface area contributed by atoms with Gasteiger partial charge in [0.2, 0.25) is 0 Å². The summed E-state index contributed by atoms with van der Waals surface area (Å²) >= 11 is 3.05. The van der Waals surface area contributed by atoms with Crippen LogP contribution in [0.4, 0.5) is 0 Å². The van der Waals surface area contributed by atoms with Crippen molar-refractivity contribution in [2.75, 3.05) is 0 Å². The average molecular weight is 269 g/mol. The second kappa shape index (κ2) is 5.63. The number of nitrogens with zero attached hydrogens (tertiary/aromatic N) is 3. The number of nitrogens with one attached hydrogen (secondary N) is 1. The molecule has 2 aromatic heterocycles. The fraction of sp³-hybridized carbons (Fsp3) is 0.500. The van der Waals surface area contributed by atoms with Crippen LogP contribution in [-0.4, -0.2) is 14.6 Å². The minimum Gasteiger partial charge on any atom is -0.271 e. The predicted molar refractivity (Wildman–Crippen MR) is 69.9 cm³/mol. The van der Waals surface area contributed by atoms with E-state index in [-0.39, 0.29) is 6.04 Å². The molecule has 2 heterocycles. The molecule has 0 fully saturated rings. The van der Waals surface area contributed by atoms with E-state index in [4.69, 9.17) is 5.84 Å². The normalized spacial score (nSPS) is 13.2. The van der Waals surface area contributed by atoms with Crippen LogP contribution in [0, 0.1) is 0 Å². The van der Waals surface area contributed by atoms with Crippen LogP contribution in [-0.2, 0) is 6.42 Å². The molecule has 0 aromatic carbocycles. The van der Waals surface area contributed by atoms with Crippen molar-refractivity contribution in [3.63, 3.8) is 0 Å². The van der Waals surface area contributed by atoms with E-state index < -0.39 is 0 Å². The molecule has 0 saturated heterocycles. The lowest BCUT2D eigenvalue weighted by molar-refractivity contribution is 0.554. The Morgan fingerprint density at radius 1 is 1.47 bits per heavy atom. The summed E-state index contributed by atoms with van der Waals surface area (Å²) in [4.78, 5) is 6.40. The van der Waals surface area contributed by atoms with Crippen LogP contribution < -0.4 is 11.3 Å². The minimum absolute atomic E-state index is 0.0628. The molecule has 17 heavy (non-hydrogen) atoms. The Kier molecular flexibility index (Phi) is 4.16. The third-order valence-electron chi connectivity index (χ3n) is 2.49. The van der Waals surface area contributed by atoms with E-state index in [1.165, 1.54) is 16.4 Å². The lowest BCUT2D eigenvalue weighted by Crippen LogP contribution is -2.29. The molecule has 0 saturated carbocycles. The van der Waals surface area contributed by atoms with E-state index in [1.54, 1.807) is 11.3 Å². The Balaban J connectivity index is 2.20. The molecular formula is C10H15N5S2. The zero-order valence-electron chi connectivity index (χ0n) is 9.75. The van der Waals surface area contributed by atoms with Gasteiger partial charge in [-0.2, -0.15) is 0 Å². The molecule has 7 heteroatoms. The summed E-state index contributed by atoms with van der Waals surface area (Å²) in [6.45, 7) is 4.22. The first kappa shape index (κ1) is 12.6. The van der Waals surface area contributed by atoms with Crippen molar-refractivity contribution in [2.24, 2.45) is 5.84 Å². The van der Waals surface area contributed by atoms with Crippen molar-refractivity contribution in [1.29, 1.82) is 0 Å². The number of thiazole rings is 1. The number of rotatable bonds is 5. The maximum atomic E-state index is 5.63. The van der Waals surface area contributed by atoms with Crippen molar-refractivity contribution in [3.05, 3.63) is 27.2 Å². The van der Waals surface area contributed by atoms with Gasteiger partial charge in [-0.15, -0.1) is 16.4 Å². The van der Waals surface area contributed by atoms with E-state index in [1.807, 2.05) is 11.7 Å². The van der Waals surface area contributed by atoms with E-state index in [9.17, 15) is 0 Å². The first-order valence-electron chi connectivity index (χ1n) is 5.38. The number of hydrazine groups is 1. The summed E-state index contributed by atoms with van der Waals surface area (Å²) in [5, 5.41) is 4.17. The van der Waals surface area contributed by atoms with E-state index in [0.717, 1.165) is 17.0 Å². The van der Waals surface area contributed by atoms with Crippen molar-refractivity contribution >= 4 is 22.9 Å². The summed E-state index contributed by atoms with van der Waals surface area (Å²) in [7, 11) is 0. The molecule has 2 aromatic rings. The topological polar surface area (TPSA) is 76.7 Å². The summed E-state index contributed by atoms with van der Waals surface area (Å²) in [6, 6.07) is 0.0628. The summed E-state index contributed by atoms with van der Waals surface area (Å²) < 4.78 is 4.03. The number of nitrogens with two attached hydrogens (primary N) is 1. The Bertz CT molecular complexity index is 451. The van der Waals surface area contributed by atoms with Gasteiger partial charge in [0.25, 0.3) is 0 Å². The van der Waals surface area contributed by atoms with Crippen molar-refractivity contribution in [2.45, 2.75) is 32.2 Å². The lowest BCUT2D eigenvalue weighted by Gasteiger charge is -2.14. The molecule has 1 atom stereocenters. The standard InChI is InChI=1S/C10H15N5S2/c1-6(2)9-10(17-15-14-9)8(13-11)3-7-4-12-5-16-7/h4-6,8,13H,3,11H2,1-2H3. The van der Waals surface area contributed by atoms with Gasteiger partial charge in [0.15, 0.2) is 0 Å². The Morgan fingerprint density at radius 3 is 2.88 bits per heavy atom. The van der Waals surface area contributed by atoms with Gasteiger partial charge in [-0.25, -0.2) is 0 Å². The first-order chi connectivity index (χ1) is 8.22. The SMILES string of the molecule is CC(C)c1nnsc1C(Cc1cncs1)NN. The van der Waals surface area contributed by atoms with Crippen LogP contribution >= 0.6 is 22.9 Å². The Hall–Kier alpha value is -0.890. The van der Waals surface area contributed by atoms with Gasteiger partial charge in [0.05, 0.1) is 22.1 Å². The second-order valence-corrected chi connectivity index (χ2v) is 5.82. The highest BCUT2D eigenvalue weighted by molar-refractivity contribution is 7.09. The van der Waals surface area contributed by atoms with Crippen LogP contribution in [0.2, 0.25) is 0 Å². The number of aromatic nitrogens is 3. The zero-order valence-corrected chi connectivity index (χ0v) is 11.4. The second-order valence-electron chi connectivity index (χ2n) is 4.07. The van der Waals surface area contributed by atoms with Crippen LogP contribution in [0.5, 0.6) is 0 Å². The van der Waals surface area contributed by atoms with Crippen molar-refractivity contribution in [1.82, 2.24) is 20.0 Å². The molecule has 0 spiro atoms. The van der Waals surface area contributed by atoms with Crippen LogP contribution in [0.25, 0.3) is 0 Å². The van der Waals surface area contributed by atoms with Crippen LogP contribution in [0.15, 0.2) is 11.7 Å². The smallest absolute Gasteiger partial charge is 0.0829 e. The molecule has 0 bridgehead atoms. The van der Waals surface area contributed by atoms with Gasteiger partial charge in [-0.3, -0.25) is 16.3 Å². The quantitative estimate of drug-likeness (QED) is 0.640. The molecule has 0 amide bonds. The molecule has 0 radical (unpaired) electrons. The zero-order chi connectivity index (χ0) is 12.3. The number of hydrogen-bond donors (Lipinski definition) is 2. The molecule has 2 rings (SSSR count). The number of hydrogen-bond acceptors (Lipinski definition) is 7. The molecule has 0 aliphatic rings. The summed E-state index contributed by atoms with van der Waals surface area (Å²) in [6.07, 6.45) is 2.70. The van der Waals surface area contributed by atoms with E-state index in [0.29, 0.717) is 5.92 Å². The highest BCUT2D eigenvalue weighted by atomic mass is 32.1. The van der Waals surface area contributed by atoms with Gasteiger partial charge in [0, 0.05) is 17.5 Å². The van der Waals surface area contributed by atoms with Gasteiger partial charge in [-0.05, 0) is 17.5 Å². The van der Waals surface area contributed by atoms with E-state index in [2.05, 4.69) is 33.8 Å². The fourth-order valence-corrected chi connectivity index (χ4v) is 3.13. The summed E-state index contributed by atoms with van der Waals surface area (Å²) in [5.74, 6) is 6.00. The van der Waals surface area contributed by atoms with E-state index >= 15 is 0 Å². The average Bonchev–Trinajstić information content (AvgIpc) is 2.96. The van der Waals surface area contributed by atoms with Gasteiger partial charge in [0.1, 0.15) is 0 Å². The molecule has 1 unspecified atom stereocenters. The Morgan fingerprint density at radius 2 is 2.29 bits per heavy atom. The van der Waals surface area contributed by atoms with Gasteiger partial charge in [-0.1, -0.05) is 18.3 Å². The van der Waals surface area contributed by atoms with Gasteiger partial charge >= 0.3 is 0 Å². The monoisotopic (exact) mass is 269 g/mol. The summed E-state index contributed by atoms with van der Waals surface area (Å²) in [5.41, 5.74) is 5.71. The van der Waals surface area contributed by atoms with Crippen molar-refractivity contribution < 1.29 is 0 Å². The highest BCUT2D eigenvalue weighted by Gasteiger charge is 2.20. The minimum atomic E-state index is 0.0628. The third kappa shape index (κ3) is 2.86. The van der Waals surface area contributed by atoms with Crippen LogP contribution in [0.3, 0.4) is 0 Å². The molecule has 5 nitrogen and oxygen atoms in total.